The summed E-state index contributed by atoms with van der Waals surface area (Å²) in [5.41, 5.74) is -0.478. The molecule has 0 bridgehead atoms. The first-order valence-corrected chi connectivity index (χ1v) is 8.01. The van der Waals surface area contributed by atoms with E-state index in [1.807, 2.05) is 0 Å². The smallest absolute Gasteiger partial charge is 0.245 e. The molecule has 0 aromatic carbocycles. The molecule has 6 nitrogen and oxygen atoms in total. The summed E-state index contributed by atoms with van der Waals surface area (Å²) >= 11 is 0. The van der Waals surface area contributed by atoms with Crippen LogP contribution in [0.5, 0.6) is 0 Å². The molecule has 0 radical (unpaired) electrons. The Kier molecular flexibility index (Phi) is 5.58. The number of carbonyl (C=O) groups is 2. The molecule has 2 unspecified atom stereocenters. The Morgan fingerprint density at radius 2 is 2.10 bits per heavy atom. The lowest BCUT2D eigenvalue weighted by Gasteiger charge is -2.32. The summed E-state index contributed by atoms with van der Waals surface area (Å²) in [6.07, 6.45) is 3.63. The number of hydrogen-bond acceptors (Lipinski definition) is 4. The van der Waals surface area contributed by atoms with Crippen LogP contribution in [-0.2, 0) is 14.3 Å². The summed E-state index contributed by atoms with van der Waals surface area (Å²) < 4.78 is 5.25. The Bertz CT molecular complexity index is 374. The first kappa shape index (κ1) is 16.2. The van der Waals surface area contributed by atoms with Gasteiger partial charge in [0.25, 0.3) is 0 Å². The van der Waals surface area contributed by atoms with Gasteiger partial charge in [-0.15, -0.1) is 0 Å². The molecule has 2 heterocycles. The third-order valence-corrected chi connectivity index (χ3v) is 4.40. The van der Waals surface area contributed by atoms with Gasteiger partial charge in [0.2, 0.25) is 11.8 Å². The highest BCUT2D eigenvalue weighted by atomic mass is 16.5. The van der Waals surface area contributed by atoms with Gasteiger partial charge in [-0.05, 0) is 32.7 Å². The van der Waals surface area contributed by atoms with Crippen LogP contribution in [0.3, 0.4) is 0 Å². The second kappa shape index (κ2) is 7.22. The molecule has 0 aromatic rings. The molecule has 2 aliphatic heterocycles. The molecule has 2 atom stereocenters. The van der Waals surface area contributed by atoms with Gasteiger partial charge in [-0.2, -0.15) is 0 Å². The number of hydrogen-bond donors (Lipinski definition) is 2. The summed E-state index contributed by atoms with van der Waals surface area (Å²) in [4.78, 5) is 26.7. The van der Waals surface area contributed by atoms with Gasteiger partial charge in [0, 0.05) is 13.1 Å². The Balaban J connectivity index is 1.92. The molecule has 2 rings (SSSR count). The molecule has 0 spiro atoms. The van der Waals surface area contributed by atoms with E-state index in [0.29, 0.717) is 26.3 Å². The summed E-state index contributed by atoms with van der Waals surface area (Å²) in [7, 11) is 0. The molecule has 21 heavy (non-hydrogen) atoms. The molecule has 2 amide bonds. The highest BCUT2D eigenvalue weighted by Crippen LogP contribution is 2.25. The number of carbonyl (C=O) groups excluding carboxylic acids is 2. The zero-order valence-electron chi connectivity index (χ0n) is 13.1. The maximum atomic E-state index is 12.6. The number of nitrogens with zero attached hydrogens (tertiary/aromatic N) is 1. The minimum Gasteiger partial charge on any atom is -0.378 e. The number of ether oxygens (including phenoxy) is 1. The minimum absolute atomic E-state index is 0.0173. The predicted octanol–water partition coefficient (Wildman–Crippen LogP) is 0.272. The second-order valence-corrected chi connectivity index (χ2v) is 6.00. The summed E-state index contributed by atoms with van der Waals surface area (Å²) in [6.45, 7) is 7.09. The van der Waals surface area contributed by atoms with Crippen LogP contribution in [-0.4, -0.2) is 61.1 Å². The second-order valence-electron chi connectivity index (χ2n) is 6.00. The largest absolute Gasteiger partial charge is 0.378 e. The first-order chi connectivity index (χ1) is 10.1. The monoisotopic (exact) mass is 297 g/mol. The fourth-order valence-electron chi connectivity index (χ4n) is 3.21. The average Bonchev–Trinajstić information content (AvgIpc) is 2.97. The van der Waals surface area contributed by atoms with Gasteiger partial charge in [0.1, 0.15) is 6.04 Å². The zero-order chi connectivity index (χ0) is 15.3. The maximum Gasteiger partial charge on any atom is 0.245 e. The van der Waals surface area contributed by atoms with Crippen LogP contribution in [0.1, 0.15) is 39.5 Å². The number of nitrogens with one attached hydrogen (secondary N) is 2. The lowest BCUT2D eigenvalue weighted by atomic mass is 9.90. The van der Waals surface area contributed by atoms with Crippen molar-refractivity contribution in [3.8, 4) is 0 Å². The van der Waals surface area contributed by atoms with Crippen molar-refractivity contribution < 1.29 is 14.3 Å². The van der Waals surface area contributed by atoms with Crippen molar-refractivity contribution in [3.05, 3.63) is 0 Å². The highest BCUT2D eigenvalue weighted by Gasteiger charge is 2.41. The molecular formula is C15H27N3O3. The van der Waals surface area contributed by atoms with Crippen molar-refractivity contribution in [2.45, 2.75) is 51.1 Å². The minimum atomic E-state index is -0.480. The molecule has 120 valence electrons. The van der Waals surface area contributed by atoms with Crippen LogP contribution in [0.15, 0.2) is 0 Å². The molecule has 2 fully saturated rings. The van der Waals surface area contributed by atoms with E-state index in [1.165, 1.54) is 0 Å². The molecule has 0 aliphatic carbocycles. The molecule has 2 N–H and O–H groups in total. The zero-order valence-corrected chi connectivity index (χ0v) is 13.1. The third-order valence-electron chi connectivity index (χ3n) is 4.40. The Labute approximate surface area is 126 Å². The van der Waals surface area contributed by atoms with Crippen molar-refractivity contribution in [1.29, 1.82) is 0 Å². The number of rotatable bonds is 5. The van der Waals surface area contributed by atoms with Crippen LogP contribution in [0, 0.1) is 0 Å². The Morgan fingerprint density at radius 3 is 2.67 bits per heavy atom. The highest BCUT2D eigenvalue weighted by molar-refractivity contribution is 5.92. The van der Waals surface area contributed by atoms with Gasteiger partial charge in [0.15, 0.2) is 0 Å². The van der Waals surface area contributed by atoms with E-state index in [9.17, 15) is 9.59 Å². The Morgan fingerprint density at radius 1 is 1.38 bits per heavy atom. The predicted molar refractivity (Wildman–Crippen MR) is 79.9 cm³/mol. The van der Waals surface area contributed by atoms with Gasteiger partial charge in [-0.3, -0.25) is 9.59 Å². The maximum absolute atomic E-state index is 12.6. The van der Waals surface area contributed by atoms with E-state index in [4.69, 9.17) is 4.74 Å². The average molecular weight is 297 g/mol. The van der Waals surface area contributed by atoms with Crippen molar-refractivity contribution in [2.24, 2.45) is 0 Å². The SMILES string of the molecule is CCCC1(C(=O)NC(C)C(=O)N2CCOCC2)CCCN1. The molecule has 0 saturated carbocycles. The van der Waals surface area contributed by atoms with E-state index in [1.54, 1.807) is 11.8 Å². The van der Waals surface area contributed by atoms with Crippen LogP contribution in [0.2, 0.25) is 0 Å². The van der Waals surface area contributed by atoms with Crippen molar-refractivity contribution >= 4 is 11.8 Å². The first-order valence-electron chi connectivity index (χ1n) is 8.01. The fourth-order valence-corrected chi connectivity index (χ4v) is 3.21. The van der Waals surface area contributed by atoms with Gasteiger partial charge in [-0.25, -0.2) is 0 Å². The lowest BCUT2D eigenvalue weighted by Crippen LogP contribution is -2.58. The standard InChI is InChI=1S/C15H27N3O3/c1-3-5-15(6-4-7-16-15)14(20)17-12(2)13(19)18-8-10-21-11-9-18/h12,16H,3-11H2,1-2H3,(H,17,20). The molecule has 2 saturated heterocycles. The van der Waals surface area contributed by atoms with Crippen LogP contribution in [0.4, 0.5) is 0 Å². The summed E-state index contributed by atoms with van der Waals surface area (Å²) in [6, 6.07) is -0.480. The van der Waals surface area contributed by atoms with E-state index in [0.717, 1.165) is 32.2 Å². The van der Waals surface area contributed by atoms with Crippen molar-refractivity contribution in [2.75, 3.05) is 32.8 Å². The topological polar surface area (TPSA) is 70.7 Å². The van der Waals surface area contributed by atoms with Crippen molar-refractivity contribution in [1.82, 2.24) is 15.5 Å². The molecule has 2 aliphatic rings. The number of morpholine rings is 1. The van der Waals surface area contributed by atoms with Gasteiger partial charge < -0.3 is 20.3 Å². The third kappa shape index (κ3) is 3.74. The summed E-state index contributed by atoms with van der Waals surface area (Å²) in [5, 5.41) is 6.25. The fraction of sp³-hybridized carbons (Fsp3) is 0.867. The lowest BCUT2D eigenvalue weighted by molar-refractivity contribution is -0.140. The van der Waals surface area contributed by atoms with Gasteiger partial charge in [0.05, 0.1) is 18.8 Å². The van der Waals surface area contributed by atoms with Gasteiger partial charge in [-0.1, -0.05) is 13.3 Å². The Hall–Kier alpha value is -1.14. The van der Waals surface area contributed by atoms with Crippen LogP contribution < -0.4 is 10.6 Å². The van der Waals surface area contributed by atoms with Crippen LogP contribution in [0.25, 0.3) is 0 Å². The van der Waals surface area contributed by atoms with E-state index in [-0.39, 0.29) is 11.8 Å². The quantitative estimate of drug-likeness (QED) is 0.764. The molecular weight excluding hydrogens is 270 g/mol. The van der Waals surface area contributed by atoms with E-state index in [2.05, 4.69) is 17.6 Å². The molecule has 6 heteroatoms. The van der Waals surface area contributed by atoms with Crippen molar-refractivity contribution in [3.63, 3.8) is 0 Å². The van der Waals surface area contributed by atoms with Gasteiger partial charge >= 0.3 is 0 Å². The van der Waals surface area contributed by atoms with E-state index < -0.39 is 11.6 Å². The van der Waals surface area contributed by atoms with E-state index >= 15 is 0 Å². The molecule has 0 aromatic heterocycles. The summed E-state index contributed by atoms with van der Waals surface area (Å²) in [5.74, 6) is -0.0488. The van der Waals surface area contributed by atoms with Crippen LogP contribution >= 0.6 is 0 Å². The normalized spacial score (nSPS) is 27.4. The number of amides is 2.